The molecule has 1 unspecified atom stereocenters. The smallest absolute Gasteiger partial charge is 0.252 e. The van der Waals surface area contributed by atoms with Gasteiger partial charge in [0.05, 0.1) is 5.56 Å². The van der Waals surface area contributed by atoms with Crippen molar-refractivity contribution in [2.75, 3.05) is 6.54 Å². The molecule has 1 aromatic rings. The average Bonchev–Trinajstić information content (AvgIpc) is 2.71. The molecule has 6 heteroatoms. The van der Waals surface area contributed by atoms with Gasteiger partial charge < -0.3 is 5.32 Å². The Morgan fingerprint density at radius 1 is 1.04 bits per heavy atom. The quantitative estimate of drug-likeness (QED) is 0.214. The van der Waals surface area contributed by atoms with E-state index >= 15 is 0 Å². The molecule has 0 spiro atoms. The van der Waals surface area contributed by atoms with Crippen molar-refractivity contribution in [1.82, 2.24) is 10.3 Å². The molecular formula is C22H37N3O3. The van der Waals surface area contributed by atoms with E-state index in [1.54, 1.807) is 18.3 Å². The highest BCUT2D eigenvalue weighted by atomic mass is 16.6. The van der Waals surface area contributed by atoms with Gasteiger partial charge in [0.2, 0.25) is 6.04 Å². The topological polar surface area (TPSA) is 85.1 Å². The van der Waals surface area contributed by atoms with E-state index < -0.39 is 6.04 Å². The summed E-state index contributed by atoms with van der Waals surface area (Å²) in [6.45, 7) is 2.76. The van der Waals surface area contributed by atoms with Crippen LogP contribution >= 0.6 is 0 Å². The van der Waals surface area contributed by atoms with Crippen LogP contribution in [-0.4, -0.2) is 28.4 Å². The maximum Gasteiger partial charge on any atom is 0.252 e. The lowest BCUT2D eigenvalue weighted by molar-refractivity contribution is -0.524. The normalized spacial score (nSPS) is 11.9. The first-order valence-corrected chi connectivity index (χ1v) is 11.0. The molecule has 0 bridgehead atoms. The monoisotopic (exact) mass is 391 g/mol. The van der Waals surface area contributed by atoms with Gasteiger partial charge in [-0.25, -0.2) is 0 Å². The summed E-state index contributed by atoms with van der Waals surface area (Å²) in [6.07, 6.45) is 17.0. The first-order valence-electron chi connectivity index (χ1n) is 11.0. The maximum absolute atomic E-state index is 11.9. The minimum absolute atomic E-state index is 0.126. The molecule has 0 aliphatic rings. The van der Waals surface area contributed by atoms with Crippen LogP contribution in [0, 0.1) is 10.1 Å². The Balaban J connectivity index is 2.05. The van der Waals surface area contributed by atoms with E-state index in [4.69, 9.17) is 0 Å². The molecule has 0 saturated heterocycles. The van der Waals surface area contributed by atoms with E-state index in [9.17, 15) is 14.9 Å². The van der Waals surface area contributed by atoms with Crippen molar-refractivity contribution >= 4 is 5.91 Å². The number of nitrogens with one attached hydrogen (secondary N) is 1. The largest absolute Gasteiger partial charge is 0.352 e. The van der Waals surface area contributed by atoms with Gasteiger partial charge in [-0.05, 0) is 31.4 Å². The van der Waals surface area contributed by atoms with Crippen LogP contribution in [0.25, 0.3) is 0 Å². The van der Waals surface area contributed by atoms with Crippen LogP contribution < -0.4 is 5.32 Å². The number of carbonyl (C=O) groups is 1. The molecule has 1 N–H and O–H groups in total. The Hall–Kier alpha value is -1.98. The van der Waals surface area contributed by atoms with Crippen molar-refractivity contribution in [3.8, 4) is 0 Å². The SMILES string of the molecule is CCCCCCCCCCCC(CCCCNC(=O)c1cccnc1)[N+](=O)[O-]. The van der Waals surface area contributed by atoms with Crippen molar-refractivity contribution in [2.45, 2.75) is 96.4 Å². The fourth-order valence-electron chi connectivity index (χ4n) is 3.35. The molecule has 0 saturated carbocycles. The van der Waals surface area contributed by atoms with Crippen molar-refractivity contribution in [3.05, 3.63) is 40.2 Å². The summed E-state index contributed by atoms with van der Waals surface area (Å²) in [5.41, 5.74) is 0.538. The summed E-state index contributed by atoms with van der Waals surface area (Å²) in [7, 11) is 0. The van der Waals surface area contributed by atoms with Gasteiger partial charge in [-0.2, -0.15) is 0 Å². The molecule has 0 aliphatic heterocycles. The second-order valence-corrected chi connectivity index (χ2v) is 7.55. The standard InChI is InChI=1S/C22H37N3O3/c1-2-3-4-5-6-7-8-9-10-15-21(25(27)28)16-11-12-18-24-22(26)20-14-13-17-23-19-20/h13-14,17,19,21H,2-12,15-16,18H2,1H3,(H,24,26). The first-order chi connectivity index (χ1) is 13.6. The van der Waals surface area contributed by atoms with Gasteiger partial charge in [-0.15, -0.1) is 0 Å². The number of nitrogens with zero attached hydrogens (tertiary/aromatic N) is 2. The van der Waals surface area contributed by atoms with Crippen LogP contribution in [0.15, 0.2) is 24.5 Å². The number of aromatic nitrogens is 1. The third-order valence-corrected chi connectivity index (χ3v) is 5.11. The number of nitro groups is 1. The molecule has 28 heavy (non-hydrogen) atoms. The molecule has 1 heterocycles. The lowest BCUT2D eigenvalue weighted by atomic mass is 10.0. The van der Waals surface area contributed by atoms with Gasteiger partial charge in [0.1, 0.15) is 0 Å². The first kappa shape index (κ1) is 24.1. The van der Waals surface area contributed by atoms with Crippen molar-refractivity contribution in [2.24, 2.45) is 0 Å². The summed E-state index contributed by atoms with van der Waals surface area (Å²) in [6, 6.07) is 3.00. The third-order valence-electron chi connectivity index (χ3n) is 5.11. The number of hydrogen-bond acceptors (Lipinski definition) is 4. The summed E-state index contributed by atoms with van der Waals surface area (Å²) in [5, 5.41) is 14.1. The number of amides is 1. The molecule has 0 radical (unpaired) electrons. The molecule has 1 amide bonds. The van der Waals surface area contributed by atoms with Gasteiger partial charge in [-0.3, -0.25) is 19.9 Å². The Labute approximate surface area is 169 Å². The van der Waals surface area contributed by atoms with Crippen LogP contribution in [0.1, 0.15) is 101 Å². The highest BCUT2D eigenvalue weighted by Crippen LogP contribution is 2.15. The van der Waals surface area contributed by atoms with Gasteiger partial charge in [0.15, 0.2) is 0 Å². The van der Waals surface area contributed by atoms with Gasteiger partial charge >= 0.3 is 0 Å². The predicted octanol–water partition coefficient (Wildman–Crippen LogP) is 5.55. The van der Waals surface area contributed by atoms with E-state index in [0.717, 1.165) is 25.7 Å². The minimum Gasteiger partial charge on any atom is -0.352 e. The second-order valence-electron chi connectivity index (χ2n) is 7.55. The zero-order chi connectivity index (χ0) is 20.5. The molecule has 0 fully saturated rings. The molecule has 1 rings (SSSR count). The van der Waals surface area contributed by atoms with Crippen molar-refractivity contribution in [3.63, 3.8) is 0 Å². The molecule has 1 atom stereocenters. The zero-order valence-electron chi connectivity index (χ0n) is 17.4. The highest BCUT2D eigenvalue weighted by molar-refractivity contribution is 5.93. The van der Waals surface area contributed by atoms with Crippen LogP contribution in [-0.2, 0) is 0 Å². The zero-order valence-corrected chi connectivity index (χ0v) is 17.4. The van der Waals surface area contributed by atoms with Crippen LogP contribution in [0.5, 0.6) is 0 Å². The predicted molar refractivity (Wildman–Crippen MR) is 113 cm³/mol. The fourth-order valence-corrected chi connectivity index (χ4v) is 3.35. The molecular weight excluding hydrogens is 354 g/mol. The fraction of sp³-hybridized carbons (Fsp3) is 0.727. The summed E-state index contributed by atoms with van der Waals surface area (Å²) in [4.78, 5) is 26.9. The lowest BCUT2D eigenvalue weighted by Gasteiger charge is -2.10. The number of unbranched alkanes of at least 4 members (excludes halogenated alkanes) is 9. The van der Waals surface area contributed by atoms with E-state index in [1.807, 2.05) is 0 Å². The maximum atomic E-state index is 11.9. The third kappa shape index (κ3) is 11.7. The van der Waals surface area contributed by atoms with Gasteiger partial charge in [0, 0.05) is 36.7 Å². The minimum atomic E-state index is -0.446. The average molecular weight is 392 g/mol. The van der Waals surface area contributed by atoms with Crippen molar-refractivity contribution in [1.29, 1.82) is 0 Å². The molecule has 6 nitrogen and oxygen atoms in total. The molecule has 158 valence electrons. The number of hydrogen-bond donors (Lipinski definition) is 1. The molecule has 0 aliphatic carbocycles. The summed E-state index contributed by atoms with van der Waals surface area (Å²) in [5.74, 6) is -0.145. The van der Waals surface area contributed by atoms with Crippen LogP contribution in [0.4, 0.5) is 0 Å². The van der Waals surface area contributed by atoms with Crippen LogP contribution in [0.3, 0.4) is 0 Å². The van der Waals surface area contributed by atoms with Crippen molar-refractivity contribution < 1.29 is 9.72 Å². The number of carbonyl (C=O) groups excluding carboxylic acids is 1. The van der Waals surface area contributed by atoms with Gasteiger partial charge in [-0.1, -0.05) is 58.3 Å². The lowest BCUT2D eigenvalue weighted by Crippen LogP contribution is -2.25. The Kier molecular flexibility index (Phi) is 13.8. The Bertz CT molecular complexity index is 537. The van der Waals surface area contributed by atoms with Crippen LogP contribution in [0.2, 0.25) is 0 Å². The number of rotatable bonds is 17. The van der Waals surface area contributed by atoms with E-state index in [2.05, 4.69) is 17.2 Å². The Morgan fingerprint density at radius 3 is 2.21 bits per heavy atom. The van der Waals surface area contributed by atoms with E-state index in [1.165, 1.54) is 51.1 Å². The highest BCUT2D eigenvalue weighted by Gasteiger charge is 2.18. The molecule has 0 aromatic carbocycles. The van der Waals surface area contributed by atoms with E-state index in [-0.39, 0.29) is 10.8 Å². The Morgan fingerprint density at radius 2 is 1.64 bits per heavy atom. The van der Waals surface area contributed by atoms with E-state index in [0.29, 0.717) is 24.9 Å². The summed E-state index contributed by atoms with van der Waals surface area (Å²) >= 11 is 0. The second kappa shape index (κ2) is 16.0. The molecule has 1 aromatic heterocycles. The summed E-state index contributed by atoms with van der Waals surface area (Å²) < 4.78 is 0. The number of pyridine rings is 1. The van der Waals surface area contributed by atoms with Gasteiger partial charge in [0.25, 0.3) is 5.91 Å².